The molecule has 2 aromatic rings. The van der Waals surface area contributed by atoms with Crippen LogP contribution < -0.4 is 5.32 Å². The first-order chi connectivity index (χ1) is 13.0. The normalized spacial score (nSPS) is 14.8. The van der Waals surface area contributed by atoms with Gasteiger partial charge in [-0.3, -0.25) is 9.59 Å². The van der Waals surface area contributed by atoms with Crippen LogP contribution in [0, 0.1) is 0 Å². The van der Waals surface area contributed by atoms with Crippen LogP contribution in [0.5, 0.6) is 0 Å². The number of carbonyl (C=O) groups is 3. The minimum Gasteiger partial charge on any atom is -0.353 e. The van der Waals surface area contributed by atoms with Gasteiger partial charge < -0.3 is 19.6 Å². The molecule has 142 valence electrons. The summed E-state index contributed by atoms with van der Waals surface area (Å²) in [6, 6.07) is 11.6. The molecule has 0 atom stereocenters. The molecule has 1 N–H and O–H groups in total. The van der Waals surface area contributed by atoms with Gasteiger partial charge in [-0.2, -0.15) is 0 Å². The lowest BCUT2D eigenvalue weighted by atomic mass is 10.0. The number of piperidine rings is 1. The Bertz CT molecular complexity index is 789. The van der Waals surface area contributed by atoms with Gasteiger partial charge in [-0.05, 0) is 56.2 Å². The van der Waals surface area contributed by atoms with E-state index in [1.165, 1.54) is 6.92 Å². The Kier molecular flexibility index (Phi) is 6.06. The third-order valence-corrected chi connectivity index (χ3v) is 4.87. The molecule has 2 heterocycles. The van der Waals surface area contributed by atoms with Crippen LogP contribution in [0.15, 0.2) is 48.8 Å². The Hall–Kier alpha value is -2.89. The van der Waals surface area contributed by atoms with Crippen LogP contribution in [-0.2, 0) is 9.59 Å². The molecular weight excluding hydrogens is 342 g/mol. The first-order valence-electron chi connectivity index (χ1n) is 9.34. The van der Waals surface area contributed by atoms with Crippen molar-refractivity contribution in [1.29, 1.82) is 0 Å². The van der Waals surface area contributed by atoms with Crippen molar-refractivity contribution in [3.05, 3.63) is 54.4 Å². The lowest BCUT2D eigenvalue weighted by molar-refractivity contribution is -0.125. The minimum absolute atomic E-state index is 0.0216. The summed E-state index contributed by atoms with van der Waals surface area (Å²) in [5.41, 5.74) is 1.69. The highest BCUT2D eigenvalue weighted by Gasteiger charge is 2.24. The Morgan fingerprint density at radius 1 is 1.00 bits per heavy atom. The van der Waals surface area contributed by atoms with E-state index < -0.39 is 0 Å². The molecular formula is C21H25N3O3. The first-order valence-corrected chi connectivity index (χ1v) is 9.34. The molecule has 1 saturated heterocycles. The molecule has 0 bridgehead atoms. The van der Waals surface area contributed by atoms with Gasteiger partial charge in [0, 0.05) is 55.6 Å². The largest absolute Gasteiger partial charge is 0.353 e. The second-order valence-corrected chi connectivity index (χ2v) is 6.97. The molecule has 0 saturated carbocycles. The van der Waals surface area contributed by atoms with Crippen molar-refractivity contribution < 1.29 is 14.4 Å². The Morgan fingerprint density at radius 2 is 1.63 bits per heavy atom. The topological polar surface area (TPSA) is 71.4 Å². The molecule has 0 aliphatic carbocycles. The molecule has 1 aromatic heterocycles. The van der Waals surface area contributed by atoms with Gasteiger partial charge >= 0.3 is 0 Å². The number of aromatic nitrogens is 1. The molecule has 1 fully saturated rings. The summed E-state index contributed by atoms with van der Waals surface area (Å²) in [4.78, 5) is 37.3. The van der Waals surface area contributed by atoms with Crippen LogP contribution in [0.4, 0.5) is 0 Å². The molecule has 1 aliphatic rings. The maximum absolute atomic E-state index is 12.7. The Balaban J connectivity index is 1.49. The van der Waals surface area contributed by atoms with Crippen molar-refractivity contribution in [1.82, 2.24) is 14.8 Å². The van der Waals surface area contributed by atoms with Crippen molar-refractivity contribution >= 4 is 17.6 Å². The van der Waals surface area contributed by atoms with E-state index in [9.17, 15) is 14.4 Å². The molecule has 1 aliphatic heterocycles. The van der Waals surface area contributed by atoms with Gasteiger partial charge in [-0.1, -0.05) is 0 Å². The fraction of sp³-hybridized carbons (Fsp3) is 0.381. The zero-order valence-electron chi connectivity index (χ0n) is 15.6. The maximum atomic E-state index is 12.7. The van der Waals surface area contributed by atoms with Crippen molar-refractivity contribution in [3.8, 4) is 5.69 Å². The number of benzene rings is 1. The van der Waals surface area contributed by atoms with Gasteiger partial charge in [0.05, 0.1) is 0 Å². The van der Waals surface area contributed by atoms with Gasteiger partial charge in [0.2, 0.25) is 5.91 Å². The van der Waals surface area contributed by atoms with Crippen LogP contribution in [0.3, 0.4) is 0 Å². The zero-order valence-corrected chi connectivity index (χ0v) is 15.6. The SMILES string of the molecule is CC(=O)CCC(=O)NC1CCN(C(=O)c2ccc(-n3cccc3)cc2)CC1. The third kappa shape index (κ3) is 5.06. The Morgan fingerprint density at radius 3 is 2.22 bits per heavy atom. The van der Waals surface area contributed by atoms with Crippen LogP contribution in [0.25, 0.3) is 5.69 Å². The van der Waals surface area contributed by atoms with Gasteiger partial charge in [-0.25, -0.2) is 0 Å². The number of hydrogen-bond acceptors (Lipinski definition) is 3. The van der Waals surface area contributed by atoms with E-state index in [0.717, 1.165) is 18.5 Å². The van der Waals surface area contributed by atoms with Crippen LogP contribution >= 0.6 is 0 Å². The van der Waals surface area contributed by atoms with E-state index in [-0.39, 0.29) is 36.5 Å². The number of carbonyl (C=O) groups excluding carboxylic acids is 3. The van der Waals surface area contributed by atoms with Crippen molar-refractivity contribution in [3.63, 3.8) is 0 Å². The predicted octanol–water partition coefficient (Wildman–Crippen LogP) is 2.57. The molecule has 6 heteroatoms. The van der Waals surface area contributed by atoms with E-state index in [0.29, 0.717) is 18.7 Å². The number of likely N-dealkylation sites (tertiary alicyclic amines) is 1. The highest BCUT2D eigenvalue weighted by molar-refractivity contribution is 5.94. The average Bonchev–Trinajstić information content (AvgIpc) is 3.21. The molecule has 3 rings (SSSR count). The van der Waals surface area contributed by atoms with E-state index in [1.54, 1.807) is 0 Å². The number of nitrogens with one attached hydrogen (secondary N) is 1. The molecule has 27 heavy (non-hydrogen) atoms. The summed E-state index contributed by atoms with van der Waals surface area (Å²) in [6.45, 7) is 2.73. The first kappa shape index (κ1) is 18.9. The highest BCUT2D eigenvalue weighted by Crippen LogP contribution is 2.16. The number of amides is 2. The van der Waals surface area contributed by atoms with Gasteiger partial charge in [-0.15, -0.1) is 0 Å². The predicted molar refractivity (Wildman–Crippen MR) is 103 cm³/mol. The Labute approximate surface area is 159 Å². The fourth-order valence-electron chi connectivity index (χ4n) is 3.28. The van der Waals surface area contributed by atoms with Gasteiger partial charge in [0.25, 0.3) is 5.91 Å². The van der Waals surface area contributed by atoms with Crippen molar-refractivity contribution in [2.75, 3.05) is 13.1 Å². The molecule has 2 amide bonds. The smallest absolute Gasteiger partial charge is 0.253 e. The molecule has 6 nitrogen and oxygen atoms in total. The second kappa shape index (κ2) is 8.66. The number of rotatable bonds is 6. The number of hydrogen-bond donors (Lipinski definition) is 1. The summed E-state index contributed by atoms with van der Waals surface area (Å²) >= 11 is 0. The number of Topliss-reactive ketones (excluding diaryl/α,β-unsaturated/α-hetero) is 1. The summed E-state index contributed by atoms with van der Waals surface area (Å²) < 4.78 is 1.99. The quantitative estimate of drug-likeness (QED) is 0.853. The summed E-state index contributed by atoms with van der Waals surface area (Å²) in [5, 5.41) is 2.96. The van der Waals surface area contributed by atoms with Gasteiger partial charge in [0.1, 0.15) is 5.78 Å². The molecule has 0 radical (unpaired) electrons. The van der Waals surface area contributed by atoms with E-state index in [2.05, 4.69) is 5.32 Å². The standard InChI is InChI=1S/C21H25N3O3/c1-16(25)4-9-20(26)22-18-10-14-24(15-11-18)21(27)17-5-7-19(8-6-17)23-12-2-3-13-23/h2-3,5-8,12-13,18H,4,9-11,14-15H2,1H3,(H,22,26). The lowest BCUT2D eigenvalue weighted by Gasteiger charge is -2.32. The maximum Gasteiger partial charge on any atom is 0.253 e. The minimum atomic E-state index is -0.0874. The third-order valence-electron chi connectivity index (χ3n) is 4.87. The van der Waals surface area contributed by atoms with E-state index >= 15 is 0 Å². The monoisotopic (exact) mass is 367 g/mol. The van der Waals surface area contributed by atoms with Crippen molar-refractivity contribution in [2.24, 2.45) is 0 Å². The molecule has 0 spiro atoms. The van der Waals surface area contributed by atoms with Gasteiger partial charge in [0.15, 0.2) is 0 Å². The van der Waals surface area contributed by atoms with E-state index in [4.69, 9.17) is 0 Å². The number of nitrogens with zero attached hydrogens (tertiary/aromatic N) is 2. The van der Waals surface area contributed by atoms with E-state index in [1.807, 2.05) is 58.3 Å². The lowest BCUT2D eigenvalue weighted by Crippen LogP contribution is -2.46. The van der Waals surface area contributed by atoms with Crippen LogP contribution in [0.2, 0.25) is 0 Å². The fourth-order valence-corrected chi connectivity index (χ4v) is 3.28. The number of ketones is 1. The zero-order chi connectivity index (χ0) is 19.2. The highest BCUT2D eigenvalue weighted by atomic mass is 16.2. The molecule has 1 aromatic carbocycles. The van der Waals surface area contributed by atoms with Crippen LogP contribution in [0.1, 0.15) is 43.0 Å². The summed E-state index contributed by atoms with van der Waals surface area (Å²) in [6.07, 6.45) is 5.92. The molecule has 0 unspecified atom stereocenters. The summed E-state index contributed by atoms with van der Waals surface area (Å²) in [5.74, 6) is -0.0423. The average molecular weight is 367 g/mol. The second-order valence-electron chi connectivity index (χ2n) is 6.97. The van der Waals surface area contributed by atoms with Crippen molar-refractivity contribution in [2.45, 2.75) is 38.6 Å². The van der Waals surface area contributed by atoms with Crippen LogP contribution in [-0.4, -0.2) is 46.2 Å². The summed E-state index contributed by atoms with van der Waals surface area (Å²) in [7, 11) is 0.